The average Bonchev–Trinajstić information content (AvgIpc) is 2.51. The molecule has 1 unspecified atom stereocenters. The third-order valence-electron chi connectivity index (χ3n) is 5.41. The van der Waals surface area contributed by atoms with Crippen molar-refractivity contribution < 1.29 is 24.9 Å². The van der Waals surface area contributed by atoms with Crippen LogP contribution in [0.15, 0.2) is 12.1 Å². The van der Waals surface area contributed by atoms with E-state index in [0.29, 0.717) is 22.9 Å². The molecule has 132 valence electrons. The number of phenols is 2. The molecule has 1 aliphatic carbocycles. The van der Waals surface area contributed by atoms with Gasteiger partial charge < -0.3 is 15.3 Å². The second-order valence-electron chi connectivity index (χ2n) is 7.48. The molecule has 3 N–H and O–H groups in total. The maximum atomic E-state index is 12.7. The summed E-state index contributed by atoms with van der Waals surface area (Å²) in [6, 6.07) is 3.48. The van der Waals surface area contributed by atoms with Gasteiger partial charge in [-0.15, -0.1) is 0 Å². The van der Waals surface area contributed by atoms with Crippen LogP contribution >= 0.6 is 0 Å². The van der Waals surface area contributed by atoms with Crippen molar-refractivity contribution in [2.75, 3.05) is 0 Å². The molecule has 5 heteroatoms. The van der Waals surface area contributed by atoms with Crippen LogP contribution in [0.4, 0.5) is 0 Å². The topological polar surface area (TPSA) is 94.8 Å². The fraction of sp³-hybridized carbons (Fsp3) is 0.400. The molecule has 3 rings (SSSR count). The van der Waals surface area contributed by atoms with E-state index in [1.807, 2.05) is 19.9 Å². The number of hydrogen-bond donors (Lipinski definition) is 3. The van der Waals surface area contributed by atoms with Crippen LogP contribution in [0.2, 0.25) is 0 Å². The minimum Gasteiger partial charge on any atom is -0.507 e. The zero-order valence-corrected chi connectivity index (χ0v) is 15.0. The minimum absolute atomic E-state index is 0.0695. The Morgan fingerprint density at radius 2 is 1.64 bits per heavy atom. The third kappa shape index (κ3) is 2.05. The number of Topliss-reactive ketones (excluding diaryl/α,β-unsaturated/α-hetero) is 2. The number of aryl methyl sites for hydroxylation is 1. The zero-order chi connectivity index (χ0) is 18.9. The van der Waals surface area contributed by atoms with Crippen molar-refractivity contribution in [3.05, 3.63) is 34.4 Å². The summed E-state index contributed by atoms with van der Waals surface area (Å²) < 4.78 is 0. The standard InChI is InChI=1S/C20H22O5/c1-6-11-9(2)7-10-8-12-14(16(22)13(10)15(11)21)17(23)20(5,25)18(24)19(12,3)4/h7-8,21-22,25H,6H2,1-5H3. The van der Waals surface area contributed by atoms with E-state index in [4.69, 9.17) is 0 Å². The molecule has 1 aliphatic rings. The van der Waals surface area contributed by atoms with Gasteiger partial charge >= 0.3 is 0 Å². The van der Waals surface area contributed by atoms with Crippen LogP contribution < -0.4 is 0 Å². The van der Waals surface area contributed by atoms with E-state index in [2.05, 4.69) is 0 Å². The highest BCUT2D eigenvalue weighted by molar-refractivity contribution is 6.26. The Labute approximate surface area is 145 Å². The van der Waals surface area contributed by atoms with Gasteiger partial charge in [-0.05, 0) is 62.3 Å². The van der Waals surface area contributed by atoms with Gasteiger partial charge in [0, 0.05) is 0 Å². The van der Waals surface area contributed by atoms with E-state index in [1.54, 1.807) is 19.9 Å². The molecular formula is C20H22O5. The Kier molecular flexibility index (Phi) is 3.52. The van der Waals surface area contributed by atoms with Crippen molar-refractivity contribution in [3.63, 3.8) is 0 Å². The smallest absolute Gasteiger partial charge is 0.205 e. The fourth-order valence-electron chi connectivity index (χ4n) is 3.96. The van der Waals surface area contributed by atoms with Gasteiger partial charge in [-0.25, -0.2) is 0 Å². The maximum Gasteiger partial charge on any atom is 0.205 e. The van der Waals surface area contributed by atoms with Gasteiger partial charge in [-0.1, -0.05) is 13.0 Å². The molecule has 5 nitrogen and oxygen atoms in total. The number of fused-ring (bicyclic) bond motifs is 2. The van der Waals surface area contributed by atoms with Gasteiger partial charge in [-0.2, -0.15) is 0 Å². The predicted octanol–water partition coefficient (Wildman–Crippen LogP) is 2.92. The van der Waals surface area contributed by atoms with Gasteiger partial charge in [0.05, 0.1) is 16.4 Å². The first-order chi connectivity index (χ1) is 11.5. The number of rotatable bonds is 1. The number of phenolic OH excluding ortho intramolecular Hbond substituents is 2. The number of aromatic hydroxyl groups is 2. The molecular weight excluding hydrogens is 320 g/mol. The molecule has 1 atom stereocenters. The zero-order valence-electron chi connectivity index (χ0n) is 15.0. The summed E-state index contributed by atoms with van der Waals surface area (Å²) in [5, 5.41) is 32.6. The number of carbonyl (C=O) groups is 2. The lowest BCUT2D eigenvalue weighted by Gasteiger charge is -2.38. The maximum absolute atomic E-state index is 12.7. The summed E-state index contributed by atoms with van der Waals surface area (Å²) in [7, 11) is 0. The van der Waals surface area contributed by atoms with Crippen LogP contribution in [0.25, 0.3) is 10.8 Å². The molecule has 0 spiro atoms. The second kappa shape index (κ2) is 5.05. The van der Waals surface area contributed by atoms with Crippen LogP contribution in [0.1, 0.15) is 54.7 Å². The van der Waals surface area contributed by atoms with Gasteiger partial charge in [0.25, 0.3) is 0 Å². The molecule has 0 amide bonds. The van der Waals surface area contributed by atoms with E-state index >= 15 is 0 Å². The highest BCUT2D eigenvalue weighted by Crippen LogP contribution is 2.48. The van der Waals surface area contributed by atoms with Crippen molar-refractivity contribution in [2.24, 2.45) is 0 Å². The number of hydrogen-bond acceptors (Lipinski definition) is 5. The van der Waals surface area contributed by atoms with E-state index in [1.165, 1.54) is 0 Å². The number of carbonyl (C=O) groups excluding carboxylic acids is 2. The molecule has 0 bridgehead atoms. The Bertz CT molecular complexity index is 951. The summed E-state index contributed by atoms with van der Waals surface area (Å²) in [5.41, 5.74) is -1.54. The van der Waals surface area contributed by atoms with Gasteiger partial charge in [-0.3, -0.25) is 9.59 Å². The largest absolute Gasteiger partial charge is 0.507 e. The third-order valence-corrected chi connectivity index (χ3v) is 5.41. The van der Waals surface area contributed by atoms with Crippen molar-refractivity contribution in [3.8, 4) is 11.5 Å². The van der Waals surface area contributed by atoms with Crippen molar-refractivity contribution in [1.82, 2.24) is 0 Å². The summed E-state index contributed by atoms with van der Waals surface area (Å²) in [6.45, 7) is 8.14. The Morgan fingerprint density at radius 3 is 2.20 bits per heavy atom. The van der Waals surface area contributed by atoms with Gasteiger partial charge in [0.2, 0.25) is 5.78 Å². The summed E-state index contributed by atoms with van der Waals surface area (Å²) in [6.07, 6.45) is 0.569. The summed E-state index contributed by atoms with van der Waals surface area (Å²) in [4.78, 5) is 25.3. The van der Waals surface area contributed by atoms with E-state index < -0.39 is 22.6 Å². The molecule has 0 aromatic heterocycles. The lowest BCUT2D eigenvalue weighted by molar-refractivity contribution is -0.137. The lowest BCUT2D eigenvalue weighted by atomic mass is 9.64. The number of ketones is 2. The minimum atomic E-state index is -2.21. The van der Waals surface area contributed by atoms with Crippen molar-refractivity contribution in [2.45, 2.75) is 52.1 Å². The van der Waals surface area contributed by atoms with Crippen LogP contribution in [0.5, 0.6) is 11.5 Å². The van der Waals surface area contributed by atoms with Crippen LogP contribution in [0.3, 0.4) is 0 Å². The Morgan fingerprint density at radius 1 is 1.04 bits per heavy atom. The first kappa shape index (κ1) is 17.4. The monoisotopic (exact) mass is 342 g/mol. The van der Waals surface area contributed by atoms with Gasteiger partial charge in [0.1, 0.15) is 11.5 Å². The van der Waals surface area contributed by atoms with Gasteiger partial charge in [0.15, 0.2) is 11.4 Å². The first-order valence-corrected chi connectivity index (χ1v) is 8.29. The molecule has 0 heterocycles. The average molecular weight is 342 g/mol. The normalized spacial score (nSPS) is 22.3. The molecule has 2 aromatic rings. The van der Waals surface area contributed by atoms with Crippen LogP contribution in [-0.4, -0.2) is 32.5 Å². The molecule has 0 radical (unpaired) electrons. The summed E-state index contributed by atoms with van der Waals surface area (Å²) >= 11 is 0. The highest BCUT2D eigenvalue weighted by Gasteiger charge is 2.54. The van der Waals surface area contributed by atoms with E-state index in [0.717, 1.165) is 12.5 Å². The molecule has 0 aliphatic heterocycles. The Hall–Kier alpha value is -2.40. The Balaban J connectivity index is 2.53. The summed E-state index contributed by atoms with van der Waals surface area (Å²) in [5.74, 6) is -1.91. The number of benzene rings is 2. The predicted molar refractivity (Wildman–Crippen MR) is 94.4 cm³/mol. The molecule has 0 saturated carbocycles. The first-order valence-electron chi connectivity index (χ1n) is 8.29. The number of aliphatic hydroxyl groups is 1. The van der Waals surface area contributed by atoms with Crippen molar-refractivity contribution >= 4 is 22.3 Å². The highest BCUT2D eigenvalue weighted by atomic mass is 16.3. The van der Waals surface area contributed by atoms with E-state index in [9.17, 15) is 24.9 Å². The van der Waals surface area contributed by atoms with Crippen LogP contribution in [-0.2, 0) is 16.6 Å². The second-order valence-corrected chi connectivity index (χ2v) is 7.48. The van der Waals surface area contributed by atoms with Crippen molar-refractivity contribution in [1.29, 1.82) is 0 Å². The molecule has 0 fully saturated rings. The quantitative estimate of drug-likeness (QED) is 0.693. The van der Waals surface area contributed by atoms with E-state index in [-0.39, 0.29) is 22.4 Å². The molecule has 25 heavy (non-hydrogen) atoms. The molecule has 0 saturated heterocycles. The fourth-order valence-corrected chi connectivity index (χ4v) is 3.96. The van der Waals surface area contributed by atoms with Crippen LogP contribution in [0, 0.1) is 6.92 Å². The molecule has 2 aromatic carbocycles. The lowest BCUT2D eigenvalue weighted by Crippen LogP contribution is -2.56. The SMILES string of the molecule is CCc1c(C)cc2cc3c(c(O)c2c1O)C(=O)C(C)(O)C(=O)C3(C)C.